The fourth-order valence-electron chi connectivity index (χ4n) is 1.56. The van der Waals surface area contributed by atoms with Crippen LogP contribution in [0.25, 0.3) is 0 Å². The molecule has 0 aromatic heterocycles. The lowest BCUT2D eigenvalue weighted by atomic mass is 10.2. The lowest BCUT2D eigenvalue weighted by Gasteiger charge is -2.24. The monoisotopic (exact) mass is 262 g/mol. The molecule has 0 saturated carbocycles. The minimum absolute atomic E-state index is 0.184. The van der Waals surface area contributed by atoms with E-state index in [1.807, 2.05) is 35.2 Å². The van der Waals surface area contributed by atoms with Gasteiger partial charge in [0.2, 0.25) is 0 Å². The number of alkyl halides is 3. The molecule has 0 amide bonds. The van der Waals surface area contributed by atoms with E-state index in [0.717, 1.165) is 12.1 Å². The molecule has 3 nitrogen and oxygen atoms in total. The molecule has 6 heteroatoms. The lowest BCUT2D eigenvalue weighted by Crippen LogP contribution is -2.31. The molecule has 0 atom stereocenters. The predicted molar refractivity (Wildman–Crippen MR) is 64.3 cm³/mol. The van der Waals surface area contributed by atoms with Crippen LogP contribution >= 0.6 is 0 Å². The Morgan fingerprint density at radius 3 is 2.33 bits per heavy atom. The summed E-state index contributed by atoms with van der Waals surface area (Å²) in [7, 11) is 0. The van der Waals surface area contributed by atoms with Crippen molar-refractivity contribution in [1.29, 1.82) is 0 Å². The van der Waals surface area contributed by atoms with E-state index in [1.54, 1.807) is 0 Å². The molecule has 0 fully saturated rings. The normalized spacial score (nSPS) is 11.6. The summed E-state index contributed by atoms with van der Waals surface area (Å²) in [6.07, 6.45) is -3.85. The van der Waals surface area contributed by atoms with Crippen LogP contribution in [-0.2, 0) is 4.74 Å². The summed E-state index contributed by atoms with van der Waals surface area (Å²) in [5, 5.41) is 0. The molecule has 2 N–H and O–H groups in total. The zero-order chi connectivity index (χ0) is 13.4. The molecule has 1 aromatic rings. The number of nitrogens with zero attached hydrogens (tertiary/aromatic N) is 1. The number of anilines is 1. The zero-order valence-corrected chi connectivity index (χ0v) is 9.99. The highest BCUT2D eigenvalue weighted by Crippen LogP contribution is 2.17. The van der Waals surface area contributed by atoms with Gasteiger partial charge in [-0.25, -0.2) is 0 Å². The van der Waals surface area contributed by atoms with Crippen LogP contribution in [0.2, 0.25) is 0 Å². The van der Waals surface area contributed by atoms with Crippen molar-refractivity contribution in [2.75, 3.05) is 31.1 Å². The second-order valence-corrected chi connectivity index (χ2v) is 3.76. The van der Waals surface area contributed by atoms with Gasteiger partial charge in [-0.05, 0) is 25.1 Å². The number of para-hydroxylation sites is 1. The van der Waals surface area contributed by atoms with Gasteiger partial charge in [0.1, 0.15) is 0 Å². The van der Waals surface area contributed by atoms with Crippen molar-refractivity contribution >= 4 is 5.69 Å². The molecule has 0 aliphatic carbocycles. The van der Waals surface area contributed by atoms with Crippen LogP contribution in [0, 0.1) is 0 Å². The summed E-state index contributed by atoms with van der Waals surface area (Å²) >= 11 is 0. The van der Waals surface area contributed by atoms with Crippen molar-refractivity contribution in [3.63, 3.8) is 0 Å². The van der Waals surface area contributed by atoms with Crippen molar-refractivity contribution in [1.82, 2.24) is 0 Å². The highest BCUT2D eigenvalue weighted by atomic mass is 19.4. The molecule has 0 saturated heterocycles. The third-order valence-electron chi connectivity index (χ3n) is 2.38. The van der Waals surface area contributed by atoms with Gasteiger partial charge in [0.05, 0.1) is 6.61 Å². The maximum absolute atomic E-state index is 11.9. The summed E-state index contributed by atoms with van der Waals surface area (Å²) in [5.74, 6) is 0. The molecule has 0 heterocycles. The molecular weight excluding hydrogens is 245 g/mol. The first-order chi connectivity index (χ1) is 8.53. The van der Waals surface area contributed by atoms with Gasteiger partial charge in [-0.1, -0.05) is 18.2 Å². The molecule has 0 bridgehead atoms. The minimum atomic E-state index is -4.57. The molecular formula is C12H17F3N2O. The van der Waals surface area contributed by atoms with Crippen LogP contribution in [0.3, 0.4) is 0 Å². The standard InChI is InChI=1S/C12H17F3N2O/c13-12(14,15)18-10-9-17(8-4-7-16)11-5-2-1-3-6-11/h1-3,5-6H,4,7-10,16H2. The van der Waals surface area contributed by atoms with Gasteiger partial charge in [-0.3, -0.25) is 4.74 Å². The van der Waals surface area contributed by atoms with E-state index in [9.17, 15) is 13.2 Å². The van der Waals surface area contributed by atoms with Gasteiger partial charge in [-0.2, -0.15) is 0 Å². The minimum Gasteiger partial charge on any atom is -0.369 e. The molecule has 0 spiro atoms. The second kappa shape index (κ2) is 7.23. The van der Waals surface area contributed by atoms with E-state index >= 15 is 0 Å². The quantitative estimate of drug-likeness (QED) is 0.820. The van der Waals surface area contributed by atoms with Crippen LogP contribution in [0.1, 0.15) is 6.42 Å². The Morgan fingerprint density at radius 1 is 1.11 bits per heavy atom. The Labute approximate surface area is 104 Å². The molecule has 0 aliphatic rings. The fraction of sp³-hybridized carbons (Fsp3) is 0.500. The van der Waals surface area contributed by atoms with Gasteiger partial charge in [-0.15, -0.1) is 13.2 Å². The zero-order valence-electron chi connectivity index (χ0n) is 9.99. The fourth-order valence-corrected chi connectivity index (χ4v) is 1.56. The van der Waals surface area contributed by atoms with Crippen LogP contribution in [0.5, 0.6) is 0 Å². The second-order valence-electron chi connectivity index (χ2n) is 3.76. The summed E-state index contributed by atoms with van der Waals surface area (Å²) in [4.78, 5) is 1.83. The van der Waals surface area contributed by atoms with Gasteiger partial charge in [0.25, 0.3) is 0 Å². The average molecular weight is 262 g/mol. The van der Waals surface area contributed by atoms with Gasteiger partial charge in [0.15, 0.2) is 0 Å². The molecule has 0 unspecified atom stereocenters. The number of benzene rings is 1. The van der Waals surface area contributed by atoms with Crippen molar-refractivity contribution in [3.05, 3.63) is 30.3 Å². The Bertz CT molecular complexity index is 330. The van der Waals surface area contributed by atoms with Crippen LogP contribution < -0.4 is 10.6 Å². The lowest BCUT2D eigenvalue weighted by molar-refractivity contribution is -0.323. The summed E-state index contributed by atoms with van der Waals surface area (Å²) in [5.41, 5.74) is 6.29. The Hall–Kier alpha value is -1.27. The maximum atomic E-state index is 11.9. The summed E-state index contributed by atoms with van der Waals surface area (Å²) in [6, 6.07) is 9.25. The van der Waals surface area contributed by atoms with Gasteiger partial charge >= 0.3 is 6.36 Å². The summed E-state index contributed by atoms with van der Waals surface area (Å²) < 4.78 is 39.5. The van der Waals surface area contributed by atoms with E-state index < -0.39 is 6.36 Å². The van der Waals surface area contributed by atoms with E-state index in [4.69, 9.17) is 5.73 Å². The molecule has 18 heavy (non-hydrogen) atoms. The van der Waals surface area contributed by atoms with Gasteiger partial charge in [0, 0.05) is 18.8 Å². The maximum Gasteiger partial charge on any atom is 0.522 e. The first-order valence-corrected chi connectivity index (χ1v) is 5.73. The van der Waals surface area contributed by atoms with E-state index in [0.29, 0.717) is 13.1 Å². The Kier molecular flexibility index (Phi) is 5.94. The topological polar surface area (TPSA) is 38.5 Å². The van der Waals surface area contributed by atoms with Crippen molar-refractivity contribution in [3.8, 4) is 0 Å². The number of rotatable bonds is 7. The highest BCUT2D eigenvalue weighted by molar-refractivity contribution is 5.45. The first kappa shape index (κ1) is 14.8. The molecule has 1 rings (SSSR count). The number of halogens is 3. The number of nitrogens with two attached hydrogens (primary N) is 1. The molecule has 1 aromatic carbocycles. The van der Waals surface area contributed by atoms with Crippen LogP contribution in [0.4, 0.5) is 18.9 Å². The predicted octanol–water partition coefficient (Wildman–Crippen LogP) is 2.38. The summed E-state index contributed by atoms with van der Waals surface area (Å²) in [6.45, 7) is 0.914. The molecule has 0 aliphatic heterocycles. The SMILES string of the molecule is NCCCN(CCOC(F)(F)F)c1ccccc1. The number of hydrogen-bond donors (Lipinski definition) is 1. The molecule has 102 valence electrons. The Morgan fingerprint density at radius 2 is 1.78 bits per heavy atom. The van der Waals surface area contributed by atoms with Crippen molar-refractivity contribution in [2.24, 2.45) is 5.73 Å². The van der Waals surface area contributed by atoms with Crippen LogP contribution in [-0.4, -0.2) is 32.6 Å². The third kappa shape index (κ3) is 5.88. The van der Waals surface area contributed by atoms with Crippen molar-refractivity contribution in [2.45, 2.75) is 12.8 Å². The largest absolute Gasteiger partial charge is 0.522 e. The van der Waals surface area contributed by atoms with E-state index in [1.165, 1.54) is 0 Å². The highest BCUT2D eigenvalue weighted by Gasteiger charge is 2.28. The van der Waals surface area contributed by atoms with Crippen LogP contribution in [0.15, 0.2) is 30.3 Å². The van der Waals surface area contributed by atoms with Crippen molar-refractivity contribution < 1.29 is 17.9 Å². The number of ether oxygens (including phenoxy) is 1. The third-order valence-corrected chi connectivity index (χ3v) is 2.38. The molecule has 0 radical (unpaired) electrons. The first-order valence-electron chi connectivity index (χ1n) is 5.73. The smallest absolute Gasteiger partial charge is 0.369 e. The van der Waals surface area contributed by atoms with E-state index in [-0.39, 0.29) is 13.2 Å². The van der Waals surface area contributed by atoms with E-state index in [2.05, 4.69) is 4.74 Å². The number of hydrogen-bond acceptors (Lipinski definition) is 3. The Balaban J connectivity index is 2.51. The average Bonchev–Trinajstić information content (AvgIpc) is 2.33. The van der Waals surface area contributed by atoms with Gasteiger partial charge < -0.3 is 10.6 Å².